The summed E-state index contributed by atoms with van der Waals surface area (Å²) in [6.45, 7) is 2.83. The number of hydrogen-bond donors (Lipinski definition) is 2. The number of amides is 1. The minimum atomic E-state index is -0.435. The number of aromatic nitrogens is 1. The third-order valence-electron chi connectivity index (χ3n) is 4.51. The third kappa shape index (κ3) is 3.59. The lowest BCUT2D eigenvalue weighted by Gasteiger charge is -2.32. The van der Waals surface area contributed by atoms with Crippen molar-refractivity contribution in [2.75, 3.05) is 6.54 Å². The Balaban J connectivity index is 1.67. The number of carbonyl (C=O) groups is 1. The van der Waals surface area contributed by atoms with Gasteiger partial charge >= 0.3 is 0 Å². The molecule has 0 aliphatic carbocycles. The van der Waals surface area contributed by atoms with Gasteiger partial charge in [0.15, 0.2) is 5.69 Å². The molecule has 1 amide bonds. The lowest BCUT2D eigenvalue weighted by atomic mass is 10.0. The molecule has 1 aliphatic rings. The second kappa shape index (κ2) is 7.05. The van der Waals surface area contributed by atoms with Gasteiger partial charge in [-0.2, -0.15) is 0 Å². The third-order valence-corrected chi connectivity index (χ3v) is 4.51. The van der Waals surface area contributed by atoms with Crippen molar-refractivity contribution < 1.29 is 14.3 Å². The number of oxazole rings is 1. The zero-order valence-electron chi connectivity index (χ0n) is 13.8. The Hall–Kier alpha value is -2.34. The molecule has 3 rings (SSSR count). The predicted molar refractivity (Wildman–Crippen MR) is 89.6 cm³/mol. The normalized spacial score (nSPS) is 19.2. The number of phenols is 1. The maximum atomic E-state index is 12.6. The van der Waals surface area contributed by atoms with E-state index in [2.05, 4.69) is 11.9 Å². The molecule has 1 aliphatic heterocycles. The number of benzene rings is 1. The van der Waals surface area contributed by atoms with Crippen LogP contribution in [-0.4, -0.2) is 33.5 Å². The highest BCUT2D eigenvalue weighted by Gasteiger charge is 2.27. The maximum absolute atomic E-state index is 12.6. The van der Waals surface area contributed by atoms with Crippen LogP contribution in [0.1, 0.15) is 54.2 Å². The number of aromatic hydroxyl groups is 1. The summed E-state index contributed by atoms with van der Waals surface area (Å²) >= 11 is 0. The van der Waals surface area contributed by atoms with Gasteiger partial charge in [-0.15, -0.1) is 0 Å². The van der Waals surface area contributed by atoms with E-state index in [1.165, 1.54) is 6.26 Å². The molecule has 6 nitrogen and oxygen atoms in total. The quantitative estimate of drug-likeness (QED) is 0.899. The first-order valence-electron chi connectivity index (χ1n) is 8.34. The number of rotatable bonds is 4. The highest BCUT2D eigenvalue weighted by Crippen LogP contribution is 2.21. The lowest BCUT2D eigenvalue weighted by Crippen LogP contribution is -2.42. The van der Waals surface area contributed by atoms with Gasteiger partial charge in [-0.3, -0.25) is 4.79 Å². The predicted octanol–water partition coefficient (Wildman–Crippen LogP) is 2.64. The van der Waals surface area contributed by atoms with E-state index in [9.17, 15) is 9.90 Å². The van der Waals surface area contributed by atoms with Crippen molar-refractivity contribution in [3.63, 3.8) is 0 Å². The first-order chi connectivity index (χ1) is 11.5. The molecule has 0 spiro atoms. The average Bonchev–Trinajstić information content (AvgIpc) is 3.07. The molecule has 1 fully saturated rings. The molecule has 128 valence electrons. The fourth-order valence-electron chi connectivity index (χ4n) is 3.08. The number of likely N-dealkylation sites (tertiary alicyclic amines) is 1. The number of nitrogens with zero attached hydrogens (tertiary/aromatic N) is 2. The van der Waals surface area contributed by atoms with Gasteiger partial charge in [0, 0.05) is 12.6 Å². The van der Waals surface area contributed by atoms with Crippen LogP contribution in [0.15, 0.2) is 34.9 Å². The number of hydrogen-bond acceptors (Lipinski definition) is 5. The summed E-state index contributed by atoms with van der Waals surface area (Å²) in [6, 6.07) is 6.64. The van der Waals surface area contributed by atoms with Gasteiger partial charge in [0.1, 0.15) is 12.0 Å². The van der Waals surface area contributed by atoms with Crippen molar-refractivity contribution in [2.24, 2.45) is 5.73 Å². The number of carbonyl (C=O) groups excluding carboxylic acids is 1. The molecule has 2 atom stereocenters. The Morgan fingerprint density at radius 1 is 1.42 bits per heavy atom. The van der Waals surface area contributed by atoms with Gasteiger partial charge in [0.05, 0.1) is 6.04 Å². The zero-order chi connectivity index (χ0) is 17.1. The summed E-state index contributed by atoms with van der Waals surface area (Å²) in [5, 5.41) is 9.31. The second-order valence-corrected chi connectivity index (χ2v) is 6.39. The van der Waals surface area contributed by atoms with Crippen molar-refractivity contribution in [3.8, 4) is 5.75 Å². The highest BCUT2D eigenvalue weighted by molar-refractivity contribution is 5.92. The first kappa shape index (κ1) is 16.5. The van der Waals surface area contributed by atoms with Crippen LogP contribution in [0.4, 0.5) is 0 Å². The van der Waals surface area contributed by atoms with Crippen LogP contribution in [0.5, 0.6) is 5.75 Å². The van der Waals surface area contributed by atoms with Crippen LogP contribution in [0.25, 0.3) is 0 Å². The van der Waals surface area contributed by atoms with Gasteiger partial charge in [-0.1, -0.05) is 12.1 Å². The smallest absolute Gasteiger partial charge is 0.276 e. The van der Waals surface area contributed by atoms with Gasteiger partial charge in [0.2, 0.25) is 5.89 Å². The molecule has 6 heteroatoms. The van der Waals surface area contributed by atoms with Crippen molar-refractivity contribution in [2.45, 2.75) is 44.7 Å². The van der Waals surface area contributed by atoms with Gasteiger partial charge in [-0.05, 0) is 50.3 Å². The molecule has 2 unspecified atom stereocenters. The van der Waals surface area contributed by atoms with E-state index in [-0.39, 0.29) is 17.7 Å². The van der Waals surface area contributed by atoms with Gasteiger partial charge < -0.3 is 20.2 Å². The minimum Gasteiger partial charge on any atom is -0.508 e. The first-order valence-corrected chi connectivity index (χ1v) is 8.34. The van der Waals surface area contributed by atoms with Crippen molar-refractivity contribution in [1.82, 2.24) is 9.88 Å². The van der Waals surface area contributed by atoms with Crippen LogP contribution >= 0.6 is 0 Å². The molecule has 0 saturated carbocycles. The molecular formula is C18H23N3O3. The largest absolute Gasteiger partial charge is 0.508 e. The molecular weight excluding hydrogens is 306 g/mol. The van der Waals surface area contributed by atoms with Crippen LogP contribution in [0, 0.1) is 0 Å². The Morgan fingerprint density at radius 3 is 2.88 bits per heavy atom. The molecule has 1 aromatic heterocycles. The summed E-state index contributed by atoms with van der Waals surface area (Å²) < 4.78 is 5.44. The molecule has 3 N–H and O–H groups in total. The van der Waals surface area contributed by atoms with Crippen LogP contribution < -0.4 is 5.73 Å². The molecule has 2 aromatic rings. The van der Waals surface area contributed by atoms with Crippen molar-refractivity contribution >= 4 is 5.91 Å². The van der Waals surface area contributed by atoms with Gasteiger partial charge in [-0.25, -0.2) is 4.98 Å². The standard InChI is InChI=1S/C18H23N3O3/c1-12-4-2-3-9-21(12)18(23)16-11-24-17(20-16)15(19)10-13-5-7-14(22)8-6-13/h5-8,11-12,15,22H,2-4,9-10,19H2,1H3. The second-order valence-electron chi connectivity index (χ2n) is 6.39. The highest BCUT2D eigenvalue weighted by atomic mass is 16.3. The Labute approximate surface area is 141 Å². The van der Waals surface area contributed by atoms with E-state index < -0.39 is 6.04 Å². The van der Waals surface area contributed by atoms with Crippen molar-refractivity contribution in [1.29, 1.82) is 0 Å². The topological polar surface area (TPSA) is 92.6 Å². The molecule has 1 saturated heterocycles. The molecule has 2 heterocycles. The van der Waals surface area contributed by atoms with E-state index in [4.69, 9.17) is 10.2 Å². The zero-order valence-corrected chi connectivity index (χ0v) is 13.8. The minimum absolute atomic E-state index is 0.0889. The van der Waals surface area contributed by atoms with E-state index in [0.717, 1.165) is 31.4 Å². The molecule has 0 bridgehead atoms. The summed E-state index contributed by atoms with van der Waals surface area (Å²) in [6.07, 6.45) is 5.13. The SMILES string of the molecule is CC1CCCCN1C(=O)c1coc(C(N)Cc2ccc(O)cc2)n1. The fraction of sp³-hybridized carbons (Fsp3) is 0.444. The van der Waals surface area contributed by atoms with E-state index >= 15 is 0 Å². The number of nitrogens with two attached hydrogens (primary N) is 1. The Bertz CT molecular complexity index is 696. The maximum Gasteiger partial charge on any atom is 0.276 e. The van der Waals surface area contributed by atoms with E-state index in [0.29, 0.717) is 18.0 Å². The molecule has 1 aromatic carbocycles. The average molecular weight is 329 g/mol. The Kier molecular flexibility index (Phi) is 4.85. The summed E-state index contributed by atoms with van der Waals surface area (Å²) in [4.78, 5) is 18.7. The number of piperidine rings is 1. The monoisotopic (exact) mass is 329 g/mol. The van der Waals surface area contributed by atoms with E-state index in [1.807, 2.05) is 4.90 Å². The molecule has 0 radical (unpaired) electrons. The van der Waals surface area contributed by atoms with Crippen molar-refractivity contribution in [3.05, 3.63) is 47.7 Å². The lowest BCUT2D eigenvalue weighted by molar-refractivity contribution is 0.0629. The summed E-state index contributed by atoms with van der Waals surface area (Å²) in [7, 11) is 0. The summed E-state index contributed by atoms with van der Waals surface area (Å²) in [5.41, 5.74) is 7.43. The number of phenolic OH excluding ortho intramolecular Hbond substituents is 1. The van der Waals surface area contributed by atoms with Crippen LogP contribution in [0.3, 0.4) is 0 Å². The fourth-order valence-corrected chi connectivity index (χ4v) is 3.08. The molecule has 24 heavy (non-hydrogen) atoms. The summed E-state index contributed by atoms with van der Waals surface area (Å²) in [5.74, 6) is 0.483. The van der Waals surface area contributed by atoms with E-state index in [1.54, 1.807) is 24.3 Å². The van der Waals surface area contributed by atoms with Crippen LogP contribution in [-0.2, 0) is 6.42 Å². The van der Waals surface area contributed by atoms with Crippen LogP contribution in [0.2, 0.25) is 0 Å². The Morgan fingerprint density at radius 2 is 2.17 bits per heavy atom. The van der Waals surface area contributed by atoms with Gasteiger partial charge in [0.25, 0.3) is 5.91 Å².